The molecule has 1 unspecified atom stereocenters. The minimum atomic E-state index is 0.548. The number of nitrogens with zero attached hydrogens (tertiary/aromatic N) is 1. The highest BCUT2D eigenvalue weighted by molar-refractivity contribution is 7.10. The van der Waals surface area contributed by atoms with E-state index in [1.165, 1.54) is 5.57 Å². The molecular weight excluding hydrogens is 206 g/mol. The Bertz CT molecular complexity index is 354. The summed E-state index contributed by atoms with van der Waals surface area (Å²) in [5.74, 6) is 0.548. The Balaban J connectivity index is 2.24. The highest BCUT2D eigenvalue weighted by Crippen LogP contribution is 2.22. The van der Waals surface area contributed by atoms with Gasteiger partial charge in [0.05, 0.1) is 6.61 Å². The fourth-order valence-electron chi connectivity index (χ4n) is 1.55. The van der Waals surface area contributed by atoms with E-state index in [0.29, 0.717) is 12.5 Å². The molecule has 1 aromatic rings. The van der Waals surface area contributed by atoms with Gasteiger partial charge in [-0.2, -0.15) is 0 Å². The Morgan fingerprint density at radius 1 is 1.53 bits per heavy atom. The van der Waals surface area contributed by atoms with Crippen LogP contribution in [0.3, 0.4) is 0 Å². The third-order valence-electron chi connectivity index (χ3n) is 2.37. The number of ether oxygens (including phenoxy) is 1. The van der Waals surface area contributed by atoms with E-state index in [1.54, 1.807) is 11.3 Å². The van der Waals surface area contributed by atoms with Crippen molar-refractivity contribution >= 4 is 16.9 Å². The van der Waals surface area contributed by atoms with Crippen LogP contribution in [0.1, 0.15) is 18.4 Å². The van der Waals surface area contributed by atoms with Crippen LogP contribution in [0.5, 0.6) is 0 Å². The molecule has 0 amide bonds. The highest BCUT2D eigenvalue weighted by atomic mass is 32.1. The lowest BCUT2D eigenvalue weighted by Gasteiger charge is -2.05. The maximum absolute atomic E-state index is 5.45. The number of hydrogen-bond acceptors (Lipinski definition) is 3. The van der Waals surface area contributed by atoms with Crippen molar-refractivity contribution in [1.29, 1.82) is 0 Å². The van der Waals surface area contributed by atoms with Crippen molar-refractivity contribution in [2.24, 2.45) is 5.92 Å². The predicted molar refractivity (Wildman–Crippen MR) is 63.8 cm³/mol. The molecule has 0 saturated carbocycles. The maximum atomic E-state index is 5.45. The molecule has 0 saturated heterocycles. The van der Waals surface area contributed by atoms with Crippen molar-refractivity contribution in [3.8, 4) is 0 Å². The van der Waals surface area contributed by atoms with Gasteiger partial charge in [0, 0.05) is 23.8 Å². The van der Waals surface area contributed by atoms with Gasteiger partial charge in [-0.25, -0.2) is 4.98 Å². The fourth-order valence-corrected chi connectivity index (χ4v) is 2.19. The lowest BCUT2D eigenvalue weighted by Crippen LogP contribution is -1.98. The first kappa shape index (κ1) is 10.6. The quantitative estimate of drug-likeness (QED) is 0.727. The Morgan fingerprint density at radius 3 is 3.27 bits per heavy atom. The monoisotopic (exact) mass is 221 g/mol. The van der Waals surface area contributed by atoms with Crippen LogP contribution in [0.25, 0.3) is 5.57 Å². The second kappa shape index (κ2) is 5.24. The van der Waals surface area contributed by atoms with E-state index >= 15 is 0 Å². The second-order valence-electron chi connectivity index (χ2n) is 3.70. The zero-order valence-corrected chi connectivity index (χ0v) is 9.67. The molecule has 1 aromatic heterocycles. The van der Waals surface area contributed by atoms with Gasteiger partial charge in [0.25, 0.3) is 0 Å². The molecule has 2 rings (SSSR count). The topological polar surface area (TPSA) is 22.1 Å². The molecule has 0 aliphatic carbocycles. The number of aromatic nitrogens is 1. The average Bonchev–Trinajstić information content (AvgIpc) is 2.74. The zero-order chi connectivity index (χ0) is 10.5. The summed E-state index contributed by atoms with van der Waals surface area (Å²) in [7, 11) is 0. The van der Waals surface area contributed by atoms with E-state index in [4.69, 9.17) is 4.74 Å². The molecule has 0 radical (unpaired) electrons. The lowest BCUT2D eigenvalue weighted by molar-refractivity contribution is 0.153. The Labute approximate surface area is 94.3 Å². The lowest BCUT2D eigenvalue weighted by atomic mass is 10.0. The Morgan fingerprint density at radius 2 is 2.47 bits per heavy atom. The third-order valence-corrected chi connectivity index (χ3v) is 3.19. The second-order valence-corrected chi connectivity index (χ2v) is 4.60. The number of hydrogen-bond donors (Lipinski definition) is 0. The minimum absolute atomic E-state index is 0.548. The Kier molecular flexibility index (Phi) is 3.69. The van der Waals surface area contributed by atoms with Crippen LogP contribution in [-0.4, -0.2) is 18.2 Å². The largest absolute Gasteiger partial charge is 0.377 e. The summed E-state index contributed by atoms with van der Waals surface area (Å²) in [6.07, 6.45) is 9.38. The summed E-state index contributed by atoms with van der Waals surface area (Å²) in [5.41, 5.74) is 1.23. The van der Waals surface area contributed by atoms with E-state index in [2.05, 4.69) is 30.1 Å². The molecule has 1 aliphatic rings. The first-order valence-electron chi connectivity index (χ1n) is 5.22. The molecule has 15 heavy (non-hydrogen) atoms. The molecule has 0 bridgehead atoms. The van der Waals surface area contributed by atoms with Gasteiger partial charge < -0.3 is 4.74 Å². The van der Waals surface area contributed by atoms with Crippen molar-refractivity contribution in [2.75, 3.05) is 13.2 Å². The van der Waals surface area contributed by atoms with E-state index < -0.39 is 0 Å². The van der Waals surface area contributed by atoms with E-state index in [0.717, 1.165) is 18.0 Å². The standard InChI is InChI=1S/C12H15NOS/c1-10-4-7-14-6-2-3-11(9-10)12-13-5-8-15-12/h2-3,5,8-10H,4,6-7H2,1H3/b3-2-,11-9+. The van der Waals surface area contributed by atoms with Crippen molar-refractivity contribution in [2.45, 2.75) is 13.3 Å². The van der Waals surface area contributed by atoms with Crippen LogP contribution in [0, 0.1) is 5.92 Å². The SMILES string of the molecule is CC1/C=C(c2nccs2)\C=C/COCC1. The average molecular weight is 221 g/mol. The van der Waals surface area contributed by atoms with Gasteiger partial charge >= 0.3 is 0 Å². The minimum Gasteiger partial charge on any atom is -0.377 e. The molecule has 0 aromatic carbocycles. The molecule has 2 nitrogen and oxygen atoms in total. The fraction of sp³-hybridized carbons (Fsp3) is 0.417. The van der Waals surface area contributed by atoms with Gasteiger partial charge in [-0.1, -0.05) is 25.2 Å². The van der Waals surface area contributed by atoms with E-state index in [9.17, 15) is 0 Å². The summed E-state index contributed by atoms with van der Waals surface area (Å²) < 4.78 is 5.45. The maximum Gasteiger partial charge on any atom is 0.122 e. The number of thiazole rings is 1. The summed E-state index contributed by atoms with van der Waals surface area (Å²) in [4.78, 5) is 4.34. The van der Waals surface area contributed by atoms with Crippen LogP contribution < -0.4 is 0 Å². The summed E-state index contributed by atoms with van der Waals surface area (Å²) >= 11 is 1.68. The predicted octanol–water partition coefficient (Wildman–Crippen LogP) is 3.14. The summed E-state index contributed by atoms with van der Waals surface area (Å²) in [5, 5.41) is 3.11. The van der Waals surface area contributed by atoms with Gasteiger partial charge in [-0.3, -0.25) is 0 Å². The van der Waals surface area contributed by atoms with Crippen LogP contribution >= 0.6 is 11.3 Å². The van der Waals surface area contributed by atoms with Crippen molar-refractivity contribution in [3.05, 3.63) is 34.8 Å². The van der Waals surface area contributed by atoms with Gasteiger partial charge in [0.15, 0.2) is 0 Å². The molecule has 0 spiro atoms. The Hall–Kier alpha value is -0.930. The van der Waals surface area contributed by atoms with Crippen LogP contribution in [-0.2, 0) is 4.74 Å². The molecule has 0 fully saturated rings. The van der Waals surface area contributed by atoms with Crippen molar-refractivity contribution in [1.82, 2.24) is 4.98 Å². The molecule has 1 atom stereocenters. The summed E-state index contributed by atoms with van der Waals surface area (Å²) in [6.45, 7) is 3.76. The smallest absolute Gasteiger partial charge is 0.122 e. The number of rotatable bonds is 1. The molecule has 80 valence electrons. The summed E-state index contributed by atoms with van der Waals surface area (Å²) in [6, 6.07) is 0. The third kappa shape index (κ3) is 3.01. The van der Waals surface area contributed by atoms with Gasteiger partial charge in [0.2, 0.25) is 0 Å². The zero-order valence-electron chi connectivity index (χ0n) is 8.85. The van der Waals surface area contributed by atoms with Crippen molar-refractivity contribution in [3.63, 3.8) is 0 Å². The first-order valence-corrected chi connectivity index (χ1v) is 6.10. The molecular formula is C12H15NOS. The molecule has 2 heterocycles. The van der Waals surface area contributed by atoms with Gasteiger partial charge in [0.1, 0.15) is 5.01 Å². The van der Waals surface area contributed by atoms with Crippen molar-refractivity contribution < 1.29 is 4.74 Å². The van der Waals surface area contributed by atoms with Gasteiger partial charge in [-0.15, -0.1) is 11.3 Å². The van der Waals surface area contributed by atoms with Crippen LogP contribution in [0.15, 0.2) is 29.8 Å². The molecule has 3 heteroatoms. The number of allylic oxidation sites excluding steroid dienone is 3. The van der Waals surface area contributed by atoms with E-state index in [1.807, 2.05) is 11.6 Å². The normalized spacial score (nSPS) is 28.3. The molecule has 1 aliphatic heterocycles. The first-order chi connectivity index (χ1) is 7.36. The van der Waals surface area contributed by atoms with Crippen LogP contribution in [0.2, 0.25) is 0 Å². The molecule has 0 N–H and O–H groups in total. The van der Waals surface area contributed by atoms with Crippen LogP contribution in [0.4, 0.5) is 0 Å². The van der Waals surface area contributed by atoms with E-state index in [-0.39, 0.29) is 0 Å². The highest BCUT2D eigenvalue weighted by Gasteiger charge is 2.06. The van der Waals surface area contributed by atoms with Gasteiger partial charge in [-0.05, 0) is 12.3 Å².